The summed E-state index contributed by atoms with van der Waals surface area (Å²) in [5.41, 5.74) is 0. The van der Waals surface area contributed by atoms with Crippen LogP contribution in [0.25, 0.3) is 0 Å². The van der Waals surface area contributed by atoms with Crippen LogP contribution in [0.1, 0.15) is 39.5 Å². The zero-order valence-corrected chi connectivity index (χ0v) is 9.21. The summed E-state index contributed by atoms with van der Waals surface area (Å²) in [5.74, 6) is 0.143. The van der Waals surface area contributed by atoms with E-state index >= 15 is 0 Å². The van der Waals surface area contributed by atoms with Crippen molar-refractivity contribution in [2.24, 2.45) is 0 Å². The lowest BCUT2D eigenvalue weighted by Crippen LogP contribution is -2.29. The lowest BCUT2D eigenvalue weighted by atomic mass is 10.2. The van der Waals surface area contributed by atoms with Crippen molar-refractivity contribution in [3.8, 4) is 0 Å². The second-order valence-electron chi connectivity index (χ2n) is 3.57. The Balaban J connectivity index is 3.19. The summed E-state index contributed by atoms with van der Waals surface area (Å²) in [5, 5.41) is 2.86. The Morgan fingerprint density at radius 2 is 2.14 bits per heavy atom. The van der Waals surface area contributed by atoms with Crippen molar-refractivity contribution in [3.05, 3.63) is 12.8 Å². The van der Waals surface area contributed by atoms with Gasteiger partial charge in [-0.1, -0.05) is 6.58 Å². The molecule has 1 amide bonds. The zero-order chi connectivity index (χ0) is 10.8. The van der Waals surface area contributed by atoms with Crippen LogP contribution in [0.5, 0.6) is 0 Å². The number of nitrogens with one attached hydrogen (secondary N) is 1. The molecule has 0 spiro atoms. The number of hydrogen-bond acceptors (Lipinski definition) is 2. The predicted octanol–water partition coefficient (Wildman–Crippen LogP) is 2.23. The maximum Gasteiger partial charge on any atom is 0.220 e. The average Bonchev–Trinajstić information content (AvgIpc) is 2.10. The van der Waals surface area contributed by atoms with E-state index in [-0.39, 0.29) is 11.9 Å². The molecule has 0 rings (SSSR count). The molecular weight excluding hydrogens is 178 g/mol. The van der Waals surface area contributed by atoms with Gasteiger partial charge in [-0.05, 0) is 33.1 Å². The van der Waals surface area contributed by atoms with Gasteiger partial charge in [-0.2, -0.15) is 0 Å². The van der Waals surface area contributed by atoms with Crippen LogP contribution in [0.15, 0.2) is 12.8 Å². The minimum atomic E-state index is 0.143. The summed E-state index contributed by atoms with van der Waals surface area (Å²) in [4.78, 5) is 11.2. The number of carbonyl (C=O) groups is 1. The molecule has 0 aromatic rings. The molecule has 0 aromatic carbocycles. The van der Waals surface area contributed by atoms with E-state index in [4.69, 9.17) is 4.74 Å². The molecule has 0 heterocycles. The van der Waals surface area contributed by atoms with Gasteiger partial charge in [0.1, 0.15) is 0 Å². The Morgan fingerprint density at radius 3 is 2.71 bits per heavy atom. The van der Waals surface area contributed by atoms with E-state index in [1.807, 2.05) is 13.8 Å². The standard InChI is InChI=1S/C11H21NO2/c1-4-14-9-7-5-6-8-11(13)12-10(2)3/h4,10H,1,5-9H2,2-3H3,(H,12,13). The van der Waals surface area contributed by atoms with Crippen molar-refractivity contribution >= 4 is 5.91 Å². The molecule has 0 bridgehead atoms. The van der Waals surface area contributed by atoms with E-state index < -0.39 is 0 Å². The first-order valence-electron chi connectivity index (χ1n) is 5.18. The van der Waals surface area contributed by atoms with E-state index in [0.717, 1.165) is 19.3 Å². The summed E-state index contributed by atoms with van der Waals surface area (Å²) < 4.78 is 4.97. The number of unbranched alkanes of at least 4 members (excludes halogenated alkanes) is 2. The Labute approximate surface area is 86.5 Å². The third-order valence-electron chi connectivity index (χ3n) is 1.73. The number of hydrogen-bond donors (Lipinski definition) is 1. The van der Waals surface area contributed by atoms with Crippen molar-refractivity contribution in [1.82, 2.24) is 5.32 Å². The summed E-state index contributed by atoms with van der Waals surface area (Å²) in [7, 11) is 0. The molecule has 0 radical (unpaired) electrons. The largest absolute Gasteiger partial charge is 0.502 e. The van der Waals surface area contributed by atoms with Gasteiger partial charge in [0, 0.05) is 12.5 Å². The van der Waals surface area contributed by atoms with Gasteiger partial charge in [0.05, 0.1) is 12.9 Å². The second-order valence-corrected chi connectivity index (χ2v) is 3.57. The number of amides is 1. The van der Waals surface area contributed by atoms with Crippen LogP contribution in [-0.2, 0) is 9.53 Å². The number of rotatable bonds is 8. The highest BCUT2D eigenvalue weighted by atomic mass is 16.5. The molecule has 3 nitrogen and oxygen atoms in total. The molecule has 0 aliphatic rings. The molecule has 0 atom stereocenters. The fourth-order valence-electron chi connectivity index (χ4n) is 1.13. The quantitative estimate of drug-likeness (QED) is 0.481. The van der Waals surface area contributed by atoms with Gasteiger partial charge in [0.25, 0.3) is 0 Å². The topological polar surface area (TPSA) is 38.3 Å². The fourth-order valence-corrected chi connectivity index (χ4v) is 1.13. The lowest BCUT2D eigenvalue weighted by Gasteiger charge is -2.07. The molecule has 0 aliphatic heterocycles. The Kier molecular flexibility index (Phi) is 7.99. The van der Waals surface area contributed by atoms with Gasteiger partial charge >= 0.3 is 0 Å². The van der Waals surface area contributed by atoms with E-state index in [2.05, 4.69) is 11.9 Å². The first-order valence-corrected chi connectivity index (χ1v) is 5.18. The van der Waals surface area contributed by atoms with Crippen LogP contribution < -0.4 is 5.32 Å². The van der Waals surface area contributed by atoms with Crippen molar-refractivity contribution in [3.63, 3.8) is 0 Å². The summed E-state index contributed by atoms with van der Waals surface area (Å²) in [6, 6.07) is 0.242. The molecule has 3 heteroatoms. The highest BCUT2D eigenvalue weighted by molar-refractivity contribution is 5.76. The molecule has 0 aliphatic carbocycles. The van der Waals surface area contributed by atoms with Gasteiger partial charge in [0.15, 0.2) is 0 Å². The van der Waals surface area contributed by atoms with Crippen LogP contribution in [0.4, 0.5) is 0 Å². The van der Waals surface area contributed by atoms with E-state index in [0.29, 0.717) is 13.0 Å². The van der Waals surface area contributed by atoms with E-state index in [1.165, 1.54) is 6.26 Å². The van der Waals surface area contributed by atoms with Crippen molar-refractivity contribution in [1.29, 1.82) is 0 Å². The first-order chi connectivity index (χ1) is 6.66. The molecule has 0 unspecified atom stereocenters. The van der Waals surface area contributed by atoms with Crippen molar-refractivity contribution in [2.45, 2.75) is 45.6 Å². The molecule has 82 valence electrons. The Morgan fingerprint density at radius 1 is 1.43 bits per heavy atom. The van der Waals surface area contributed by atoms with Crippen molar-refractivity contribution < 1.29 is 9.53 Å². The summed E-state index contributed by atoms with van der Waals surface area (Å²) >= 11 is 0. The smallest absolute Gasteiger partial charge is 0.220 e. The minimum absolute atomic E-state index is 0.143. The van der Waals surface area contributed by atoms with Gasteiger partial charge in [-0.3, -0.25) is 4.79 Å². The highest BCUT2D eigenvalue weighted by Crippen LogP contribution is 2.00. The molecule has 0 saturated carbocycles. The number of ether oxygens (including phenoxy) is 1. The summed E-state index contributed by atoms with van der Waals surface area (Å²) in [6.45, 7) is 8.09. The fraction of sp³-hybridized carbons (Fsp3) is 0.727. The van der Waals surface area contributed by atoms with Gasteiger partial charge in [-0.25, -0.2) is 0 Å². The summed E-state index contributed by atoms with van der Waals surface area (Å²) in [6.07, 6.45) is 5.01. The van der Waals surface area contributed by atoms with Crippen LogP contribution in [0.3, 0.4) is 0 Å². The molecule has 0 fully saturated rings. The molecule has 14 heavy (non-hydrogen) atoms. The van der Waals surface area contributed by atoms with Gasteiger partial charge in [-0.15, -0.1) is 0 Å². The third-order valence-corrected chi connectivity index (χ3v) is 1.73. The first kappa shape index (κ1) is 13.0. The average molecular weight is 199 g/mol. The lowest BCUT2D eigenvalue weighted by molar-refractivity contribution is -0.121. The molecule has 0 aromatic heterocycles. The van der Waals surface area contributed by atoms with Gasteiger partial charge < -0.3 is 10.1 Å². The monoisotopic (exact) mass is 199 g/mol. The van der Waals surface area contributed by atoms with E-state index in [9.17, 15) is 4.79 Å². The third kappa shape index (κ3) is 9.10. The van der Waals surface area contributed by atoms with Gasteiger partial charge in [0.2, 0.25) is 5.91 Å². The van der Waals surface area contributed by atoms with Crippen molar-refractivity contribution in [2.75, 3.05) is 6.61 Å². The van der Waals surface area contributed by atoms with E-state index in [1.54, 1.807) is 0 Å². The zero-order valence-electron chi connectivity index (χ0n) is 9.21. The SMILES string of the molecule is C=COCCCCCC(=O)NC(C)C. The van der Waals surface area contributed by atoms with Crippen LogP contribution in [0.2, 0.25) is 0 Å². The van der Waals surface area contributed by atoms with Crippen LogP contribution in [0, 0.1) is 0 Å². The highest BCUT2D eigenvalue weighted by Gasteiger charge is 2.01. The second kappa shape index (κ2) is 8.60. The molecular formula is C11H21NO2. The maximum absolute atomic E-state index is 11.2. The number of carbonyl (C=O) groups excluding carboxylic acids is 1. The molecule has 0 saturated heterocycles. The van der Waals surface area contributed by atoms with Crippen LogP contribution in [-0.4, -0.2) is 18.6 Å². The normalized spacial score (nSPS) is 9.93. The minimum Gasteiger partial charge on any atom is -0.502 e. The maximum atomic E-state index is 11.2. The Bertz CT molecular complexity index is 167. The molecule has 1 N–H and O–H groups in total. The van der Waals surface area contributed by atoms with Crippen LogP contribution >= 0.6 is 0 Å². The Hall–Kier alpha value is -0.990. The predicted molar refractivity (Wildman–Crippen MR) is 57.9 cm³/mol.